The molecule has 2 rings (SSSR count). The van der Waals surface area contributed by atoms with Gasteiger partial charge < -0.3 is 15.2 Å². The van der Waals surface area contributed by atoms with Gasteiger partial charge in [0.25, 0.3) is 0 Å². The molecule has 0 aliphatic heterocycles. The highest BCUT2D eigenvalue weighted by Crippen LogP contribution is 2.25. The monoisotopic (exact) mass is 285 g/mol. The maximum absolute atomic E-state index is 5.89. The molecule has 0 saturated carbocycles. The number of benzene rings is 2. The third-order valence-electron chi connectivity index (χ3n) is 3.65. The molecule has 0 aromatic heterocycles. The van der Waals surface area contributed by atoms with E-state index in [9.17, 15) is 0 Å². The molecule has 0 aliphatic carbocycles. The zero-order valence-corrected chi connectivity index (χ0v) is 13.0. The predicted octanol–water partition coefficient (Wildman–Crippen LogP) is 3.53. The predicted molar refractivity (Wildman–Crippen MR) is 86.0 cm³/mol. The Morgan fingerprint density at radius 3 is 2.29 bits per heavy atom. The Morgan fingerprint density at radius 1 is 0.857 bits per heavy atom. The molecule has 0 saturated heterocycles. The fourth-order valence-electron chi connectivity index (χ4n) is 2.26. The van der Waals surface area contributed by atoms with Crippen LogP contribution in [0.1, 0.15) is 22.3 Å². The fourth-order valence-corrected chi connectivity index (χ4v) is 2.26. The summed E-state index contributed by atoms with van der Waals surface area (Å²) < 4.78 is 11.6. The Morgan fingerprint density at radius 2 is 1.52 bits per heavy atom. The standard InChI is InChI=1S/C18H23NO2/c1-13-8-9-14(2)18(15(13)3)21-11-10-20-17-7-5-4-6-16(17)12-19/h4-9H,10-12,19H2,1-3H3. The Labute approximate surface area is 126 Å². The van der Waals surface area contributed by atoms with E-state index in [0.717, 1.165) is 22.6 Å². The van der Waals surface area contributed by atoms with E-state index >= 15 is 0 Å². The molecule has 2 aromatic rings. The first-order valence-corrected chi connectivity index (χ1v) is 7.24. The highest BCUT2D eigenvalue weighted by atomic mass is 16.5. The molecule has 0 heterocycles. The van der Waals surface area contributed by atoms with E-state index in [4.69, 9.17) is 15.2 Å². The van der Waals surface area contributed by atoms with Crippen LogP contribution in [0.4, 0.5) is 0 Å². The molecule has 2 aromatic carbocycles. The zero-order chi connectivity index (χ0) is 15.2. The molecule has 0 atom stereocenters. The first kappa shape index (κ1) is 15.4. The van der Waals surface area contributed by atoms with E-state index in [1.165, 1.54) is 11.1 Å². The minimum Gasteiger partial charge on any atom is -0.490 e. The lowest BCUT2D eigenvalue weighted by Gasteiger charge is -2.15. The van der Waals surface area contributed by atoms with Crippen molar-refractivity contribution in [3.8, 4) is 11.5 Å². The molecule has 3 heteroatoms. The molecule has 112 valence electrons. The molecule has 0 bridgehead atoms. The van der Waals surface area contributed by atoms with Crippen LogP contribution in [0.5, 0.6) is 11.5 Å². The topological polar surface area (TPSA) is 44.5 Å². The lowest BCUT2D eigenvalue weighted by Crippen LogP contribution is -2.12. The van der Waals surface area contributed by atoms with E-state index in [-0.39, 0.29) is 0 Å². The Kier molecular flexibility index (Phi) is 5.23. The number of hydrogen-bond acceptors (Lipinski definition) is 3. The summed E-state index contributed by atoms with van der Waals surface area (Å²) in [6.07, 6.45) is 0. The van der Waals surface area contributed by atoms with Gasteiger partial charge in [-0.15, -0.1) is 0 Å². The van der Waals surface area contributed by atoms with Gasteiger partial charge in [-0.3, -0.25) is 0 Å². The van der Waals surface area contributed by atoms with Gasteiger partial charge >= 0.3 is 0 Å². The molecule has 0 aliphatic rings. The van der Waals surface area contributed by atoms with Gasteiger partial charge in [-0.05, 0) is 43.5 Å². The van der Waals surface area contributed by atoms with E-state index in [1.54, 1.807) is 0 Å². The van der Waals surface area contributed by atoms with Crippen molar-refractivity contribution in [2.45, 2.75) is 27.3 Å². The highest BCUT2D eigenvalue weighted by molar-refractivity contribution is 5.44. The summed E-state index contributed by atoms with van der Waals surface area (Å²) in [6.45, 7) is 7.74. The van der Waals surface area contributed by atoms with E-state index < -0.39 is 0 Å². The highest BCUT2D eigenvalue weighted by Gasteiger charge is 2.06. The molecule has 0 radical (unpaired) electrons. The molecule has 0 amide bonds. The second-order valence-corrected chi connectivity index (χ2v) is 5.16. The second kappa shape index (κ2) is 7.14. The number of hydrogen-bond donors (Lipinski definition) is 1. The Bertz CT molecular complexity index is 608. The fraction of sp³-hybridized carbons (Fsp3) is 0.333. The Hall–Kier alpha value is -2.00. The summed E-state index contributed by atoms with van der Waals surface area (Å²) >= 11 is 0. The maximum Gasteiger partial charge on any atom is 0.125 e. The number of nitrogens with two attached hydrogens (primary N) is 1. The zero-order valence-electron chi connectivity index (χ0n) is 13.0. The minimum atomic E-state index is 0.479. The van der Waals surface area contributed by atoms with Gasteiger partial charge in [0.15, 0.2) is 0 Å². The van der Waals surface area contributed by atoms with Crippen molar-refractivity contribution in [3.05, 3.63) is 58.7 Å². The summed E-state index contributed by atoms with van der Waals surface area (Å²) in [5.74, 6) is 1.80. The number of rotatable bonds is 6. The van der Waals surface area contributed by atoms with Crippen LogP contribution in [0.25, 0.3) is 0 Å². The molecular formula is C18H23NO2. The molecule has 0 unspecified atom stereocenters. The third kappa shape index (κ3) is 3.76. The van der Waals surface area contributed by atoms with Gasteiger partial charge in [-0.1, -0.05) is 30.3 Å². The summed E-state index contributed by atoms with van der Waals surface area (Å²) in [5, 5.41) is 0. The summed E-state index contributed by atoms with van der Waals surface area (Å²) in [5.41, 5.74) is 10.3. The van der Waals surface area contributed by atoms with Crippen molar-refractivity contribution in [3.63, 3.8) is 0 Å². The van der Waals surface area contributed by atoms with Crippen LogP contribution >= 0.6 is 0 Å². The van der Waals surface area contributed by atoms with Crippen LogP contribution in [0, 0.1) is 20.8 Å². The number of ether oxygens (including phenoxy) is 2. The largest absolute Gasteiger partial charge is 0.490 e. The summed E-state index contributed by atoms with van der Waals surface area (Å²) in [7, 11) is 0. The van der Waals surface area contributed by atoms with Gasteiger partial charge in [0.05, 0.1) is 0 Å². The third-order valence-corrected chi connectivity index (χ3v) is 3.65. The SMILES string of the molecule is Cc1ccc(C)c(OCCOc2ccccc2CN)c1C. The average molecular weight is 285 g/mol. The van der Waals surface area contributed by atoms with Gasteiger partial charge in [0.1, 0.15) is 24.7 Å². The summed E-state index contributed by atoms with van der Waals surface area (Å²) in [4.78, 5) is 0. The van der Waals surface area contributed by atoms with Crippen LogP contribution in [0.15, 0.2) is 36.4 Å². The van der Waals surface area contributed by atoms with Crippen molar-refractivity contribution in [1.82, 2.24) is 0 Å². The first-order valence-electron chi connectivity index (χ1n) is 7.24. The summed E-state index contributed by atoms with van der Waals surface area (Å²) in [6, 6.07) is 12.0. The van der Waals surface area contributed by atoms with Gasteiger partial charge in [0, 0.05) is 12.1 Å². The Balaban J connectivity index is 1.92. The van der Waals surface area contributed by atoms with Crippen molar-refractivity contribution < 1.29 is 9.47 Å². The van der Waals surface area contributed by atoms with Crippen LogP contribution in [-0.2, 0) is 6.54 Å². The lowest BCUT2D eigenvalue weighted by molar-refractivity contribution is 0.214. The second-order valence-electron chi connectivity index (χ2n) is 5.16. The lowest BCUT2D eigenvalue weighted by atomic mass is 10.1. The normalized spacial score (nSPS) is 10.5. The van der Waals surface area contributed by atoms with Crippen molar-refractivity contribution in [1.29, 1.82) is 0 Å². The van der Waals surface area contributed by atoms with Crippen LogP contribution in [-0.4, -0.2) is 13.2 Å². The van der Waals surface area contributed by atoms with Crippen molar-refractivity contribution in [2.75, 3.05) is 13.2 Å². The molecule has 0 fully saturated rings. The van der Waals surface area contributed by atoms with E-state index in [2.05, 4.69) is 32.9 Å². The van der Waals surface area contributed by atoms with Gasteiger partial charge in [0.2, 0.25) is 0 Å². The van der Waals surface area contributed by atoms with Crippen LogP contribution in [0.2, 0.25) is 0 Å². The van der Waals surface area contributed by atoms with Gasteiger partial charge in [-0.25, -0.2) is 0 Å². The van der Waals surface area contributed by atoms with Crippen molar-refractivity contribution >= 4 is 0 Å². The molecule has 21 heavy (non-hydrogen) atoms. The first-order chi connectivity index (χ1) is 10.1. The van der Waals surface area contributed by atoms with Crippen LogP contribution < -0.4 is 15.2 Å². The smallest absolute Gasteiger partial charge is 0.125 e. The number of para-hydroxylation sites is 1. The quantitative estimate of drug-likeness (QED) is 0.826. The molecular weight excluding hydrogens is 262 g/mol. The van der Waals surface area contributed by atoms with Crippen LogP contribution in [0.3, 0.4) is 0 Å². The van der Waals surface area contributed by atoms with E-state index in [1.807, 2.05) is 24.3 Å². The maximum atomic E-state index is 5.89. The molecule has 3 nitrogen and oxygen atoms in total. The number of aryl methyl sites for hydroxylation is 2. The molecule has 2 N–H and O–H groups in total. The average Bonchev–Trinajstić information content (AvgIpc) is 2.50. The van der Waals surface area contributed by atoms with Gasteiger partial charge in [-0.2, -0.15) is 0 Å². The van der Waals surface area contributed by atoms with Crippen molar-refractivity contribution in [2.24, 2.45) is 5.73 Å². The minimum absolute atomic E-state index is 0.479. The molecule has 0 spiro atoms. The van der Waals surface area contributed by atoms with E-state index in [0.29, 0.717) is 19.8 Å².